The maximum atomic E-state index is 13.5. The van der Waals surface area contributed by atoms with Crippen LogP contribution in [0.3, 0.4) is 0 Å². The van der Waals surface area contributed by atoms with Crippen molar-refractivity contribution >= 4 is 11.7 Å². The summed E-state index contributed by atoms with van der Waals surface area (Å²) in [5, 5.41) is 13.5. The molecule has 0 fully saturated rings. The number of phenols is 1. The molecule has 0 aliphatic rings. The van der Waals surface area contributed by atoms with Crippen molar-refractivity contribution in [3.63, 3.8) is 0 Å². The van der Waals surface area contributed by atoms with Gasteiger partial charge in [-0.2, -0.15) is 0 Å². The van der Waals surface area contributed by atoms with Gasteiger partial charge in [0.1, 0.15) is 11.6 Å². The summed E-state index contributed by atoms with van der Waals surface area (Å²) in [6.07, 6.45) is 0.433. The van der Waals surface area contributed by atoms with E-state index in [0.29, 0.717) is 12.1 Å². The van der Waals surface area contributed by atoms with Crippen molar-refractivity contribution in [1.82, 2.24) is 0 Å². The van der Waals surface area contributed by atoms with E-state index in [9.17, 15) is 14.3 Å². The standard InChI is InChI=1S/C24H24FNO3/c1-2-29-24(28)20(16-17-8-4-3-5-9-17)23(18-12-14-19(25)15-13-18)26-21-10-6-7-11-22(21)27/h3-15,20,23,26-27H,2,16H2,1H3/t20-,23?/m1/s1. The number of carbonyl (C=O) groups excluding carboxylic acids is 1. The number of carbonyl (C=O) groups is 1. The highest BCUT2D eigenvalue weighted by Crippen LogP contribution is 2.33. The van der Waals surface area contributed by atoms with Gasteiger partial charge in [0.15, 0.2) is 0 Å². The second kappa shape index (κ2) is 9.73. The highest BCUT2D eigenvalue weighted by Gasteiger charge is 2.31. The Morgan fingerprint density at radius 3 is 2.31 bits per heavy atom. The smallest absolute Gasteiger partial charge is 0.311 e. The van der Waals surface area contributed by atoms with Crippen LogP contribution < -0.4 is 5.32 Å². The molecule has 0 aliphatic carbocycles. The lowest BCUT2D eigenvalue weighted by Crippen LogP contribution is -2.31. The zero-order chi connectivity index (χ0) is 20.6. The summed E-state index contributed by atoms with van der Waals surface area (Å²) in [6.45, 7) is 2.03. The zero-order valence-electron chi connectivity index (χ0n) is 16.2. The van der Waals surface area contributed by atoms with Crippen molar-refractivity contribution in [2.45, 2.75) is 19.4 Å². The molecule has 1 unspecified atom stereocenters. The van der Waals surface area contributed by atoms with Crippen molar-refractivity contribution in [1.29, 1.82) is 0 Å². The van der Waals surface area contributed by atoms with Crippen molar-refractivity contribution in [3.8, 4) is 5.75 Å². The molecule has 3 rings (SSSR count). The molecule has 2 N–H and O–H groups in total. The minimum absolute atomic E-state index is 0.0712. The third kappa shape index (κ3) is 5.35. The molecule has 29 heavy (non-hydrogen) atoms. The Bertz CT molecular complexity index is 928. The monoisotopic (exact) mass is 393 g/mol. The lowest BCUT2D eigenvalue weighted by atomic mass is 9.87. The fourth-order valence-electron chi connectivity index (χ4n) is 3.30. The van der Waals surface area contributed by atoms with Gasteiger partial charge in [-0.25, -0.2) is 4.39 Å². The molecule has 0 saturated heterocycles. The van der Waals surface area contributed by atoms with Crippen LogP contribution in [-0.4, -0.2) is 17.7 Å². The van der Waals surface area contributed by atoms with Crippen molar-refractivity contribution in [2.24, 2.45) is 5.92 Å². The highest BCUT2D eigenvalue weighted by molar-refractivity contribution is 5.75. The van der Waals surface area contributed by atoms with E-state index in [-0.39, 0.29) is 24.1 Å². The fraction of sp³-hybridized carbons (Fsp3) is 0.208. The molecule has 0 bridgehead atoms. The molecule has 3 aromatic rings. The van der Waals surface area contributed by atoms with Crippen LogP contribution >= 0.6 is 0 Å². The summed E-state index contributed by atoms with van der Waals surface area (Å²) in [5.74, 6) is -1.22. The number of esters is 1. The summed E-state index contributed by atoms with van der Waals surface area (Å²) >= 11 is 0. The average Bonchev–Trinajstić information content (AvgIpc) is 2.73. The number of hydrogen-bond acceptors (Lipinski definition) is 4. The van der Waals surface area contributed by atoms with E-state index in [2.05, 4.69) is 5.32 Å². The fourth-order valence-corrected chi connectivity index (χ4v) is 3.30. The van der Waals surface area contributed by atoms with E-state index in [1.165, 1.54) is 12.1 Å². The van der Waals surface area contributed by atoms with Gasteiger partial charge in [0, 0.05) is 0 Å². The number of benzene rings is 3. The van der Waals surface area contributed by atoms with Crippen molar-refractivity contribution < 1.29 is 19.0 Å². The number of ether oxygens (including phenoxy) is 1. The minimum Gasteiger partial charge on any atom is -0.506 e. The number of hydrogen-bond donors (Lipinski definition) is 2. The lowest BCUT2D eigenvalue weighted by Gasteiger charge is -2.28. The van der Waals surface area contributed by atoms with E-state index in [1.54, 1.807) is 43.3 Å². The molecule has 3 aromatic carbocycles. The second-order valence-corrected chi connectivity index (χ2v) is 6.74. The lowest BCUT2D eigenvalue weighted by molar-refractivity contribution is -0.148. The van der Waals surface area contributed by atoms with Crippen molar-refractivity contribution in [3.05, 3.63) is 95.8 Å². The van der Waals surface area contributed by atoms with Crippen LogP contribution in [0, 0.1) is 11.7 Å². The number of nitrogens with one attached hydrogen (secondary N) is 1. The summed E-state index contributed by atoms with van der Waals surface area (Å²) < 4.78 is 18.9. The van der Waals surface area contributed by atoms with Crippen LogP contribution in [-0.2, 0) is 16.0 Å². The minimum atomic E-state index is -0.581. The van der Waals surface area contributed by atoms with Gasteiger partial charge in [0.2, 0.25) is 0 Å². The average molecular weight is 393 g/mol. The van der Waals surface area contributed by atoms with E-state index in [4.69, 9.17) is 4.74 Å². The summed E-state index contributed by atoms with van der Waals surface area (Å²) in [4.78, 5) is 12.9. The molecular weight excluding hydrogens is 369 g/mol. The van der Waals surface area contributed by atoms with Gasteiger partial charge >= 0.3 is 5.97 Å². The summed E-state index contributed by atoms with van der Waals surface area (Å²) in [6, 6.07) is 22.0. The maximum absolute atomic E-state index is 13.5. The number of aromatic hydroxyl groups is 1. The molecule has 0 aromatic heterocycles. The molecular formula is C24H24FNO3. The number of anilines is 1. The first-order valence-corrected chi connectivity index (χ1v) is 9.59. The van der Waals surface area contributed by atoms with Gasteiger partial charge in [0.05, 0.1) is 24.3 Å². The van der Waals surface area contributed by atoms with Gasteiger partial charge in [-0.15, -0.1) is 0 Å². The molecule has 5 heteroatoms. The SMILES string of the molecule is CCOC(=O)[C@H](Cc1ccccc1)C(Nc1ccccc1O)c1ccc(F)cc1. The molecule has 0 saturated carbocycles. The Hall–Kier alpha value is -3.34. The molecule has 0 amide bonds. The van der Waals surface area contributed by atoms with E-state index >= 15 is 0 Å². The quantitative estimate of drug-likeness (QED) is 0.413. The van der Waals surface area contributed by atoms with Gasteiger partial charge in [-0.1, -0.05) is 54.6 Å². The highest BCUT2D eigenvalue weighted by atomic mass is 19.1. The molecule has 4 nitrogen and oxygen atoms in total. The second-order valence-electron chi connectivity index (χ2n) is 6.74. The van der Waals surface area contributed by atoms with Gasteiger partial charge in [-0.3, -0.25) is 4.79 Å². The number of rotatable bonds is 8. The van der Waals surface area contributed by atoms with E-state index in [1.807, 2.05) is 30.3 Å². The molecule has 0 aliphatic heterocycles. The van der Waals surface area contributed by atoms with Crippen molar-refractivity contribution in [2.75, 3.05) is 11.9 Å². The maximum Gasteiger partial charge on any atom is 0.311 e. The molecule has 2 atom stereocenters. The van der Waals surface area contributed by atoms with Gasteiger partial charge in [-0.05, 0) is 48.7 Å². The topological polar surface area (TPSA) is 58.6 Å². The third-order valence-corrected chi connectivity index (χ3v) is 4.73. The number of halogens is 1. The van der Waals surface area contributed by atoms with Crippen LogP contribution in [0.15, 0.2) is 78.9 Å². The van der Waals surface area contributed by atoms with Crippen LogP contribution in [0.25, 0.3) is 0 Å². The Balaban J connectivity index is 2.02. The molecule has 0 heterocycles. The Kier molecular flexibility index (Phi) is 6.85. The van der Waals surface area contributed by atoms with Crippen LogP contribution in [0.2, 0.25) is 0 Å². The molecule has 0 radical (unpaired) electrons. The number of para-hydroxylation sites is 2. The van der Waals surface area contributed by atoms with Gasteiger partial charge in [0.25, 0.3) is 0 Å². The largest absolute Gasteiger partial charge is 0.506 e. The normalized spacial score (nSPS) is 12.8. The first-order chi connectivity index (χ1) is 14.1. The number of phenolic OH excluding ortho intramolecular Hbond substituents is 1. The molecule has 150 valence electrons. The van der Waals surface area contributed by atoms with Crippen LogP contribution in [0.4, 0.5) is 10.1 Å². The Labute approximate surface area is 170 Å². The van der Waals surface area contributed by atoms with Crippen LogP contribution in [0.1, 0.15) is 24.1 Å². The Morgan fingerprint density at radius 2 is 1.66 bits per heavy atom. The first kappa shape index (κ1) is 20.4. The first-order valence-electron chi connectivity index (χ1n) is 9.59. The van der Waals surface area contributed by atoms with E-state index < -0.39 is 12.0 Å². The Morgan fingerprint density at radius 1 is 1.00 bits per heavy atom. The zero-order valence-corrected chi connectivity index (χ0v) is 16.2. The van der Waals surface area contributed by atoms with Gasteiger partial charge < -0.3 is 15.2 Å². The van der Waals surface area contributed by atoms with Crippen LogP contribution in [0.5, 0.6) is 5.75 Å². The molecule has 0 spiro atoms. The van der Waals surface area contributed by atoms with E-state index in [0.717, 1.165) is 11.1 Å². The summed E-state index contributed by atoms with van der Waals surface area (Å²) in [7, 11) is 0. The predicted molar refractivity (Wildman–Crippen MR) is 111 cm³/mol. The summed E-state index contributed by atoms with van der Waals surface area (Å²) in [5.41, 5.74) is 2.20. The third-order valence-electron chi connectivity index (χ3n) is 4.73. The predicted octanol–water partition coefficient (Wildman–Crippen LogP) is 5.11.